The number of hydrogen-bond donors (Lipinski definition) is 3. The molecule has 136 valence electrons. The predicted octanol–water partition coefficient (Wildman–Crippen LogP) is 2.43. The van der Waals surface area contributed by atoms with E-state index in [4.69, 9.17) is 0 Å². The van der Waals surface area contributed by atoms with Crippen molar-refractivity contribution >= 4 is 29.1 Å². The van der Waals surface area contributed by atoms with Crippen molar-refractivity contribution in [2.75, 3.05) is 17.2 Å². The second-order valence-electron chi connectivity index (χ2n) is 5.21. The molecule has 0 heterocycles. The van der Waals surface area contributed by atoms with E-state index < -0.39 is 41.4 Å². The van der Waals surface area contributed by atoms with Crippen molar-refractivity contribution in [3.63, 3.8) is 0 Å². The lowest BCUT2D eigenvalue weighted by molar-refractivity contribution is -0.115. The fourth-order valence-corrected chi connectivity index (χ4v) is 2.00. The van der Waals surface area contributed by atoms with Crippen molar-refractivity contribution < 1.29 is 27.6 Å². The molecule has 0 aliphatic rings. The zero-order valence-electron chi connectivity index (χ0n) is 13.5. The largest absolute Gasteiger partial charge is 0.343 e. The standard InChI is InChI=1S/C17H14F3N3O3/c1-9(24)22-10-2-4-11(5-3-10)23-14(25)8-21-17(26)12-6-7-13(18)16(20)15(12)19/h2-7H,8H2,1H3,(H,21,26)(H,22,24)(H,23,25). The third-order valence-electron chi connectivity index (χ3n) is 3.18. The zero-order valence-corrected chi connectivity index (χ0v) is 13.5. The molecule has 2 rings (SSSR count). The summed E-state index contributed by atoms with van der Waals surface area (Å²) >= 11 is 0. The molecule has 3 amide bonds. The Labute approximate surface area is 146 Å². The predicted molar refractivity (Wildman–Crippen MR) is 88.0 cm³/mol. The van der Waals surface area contributed by atoms with E-state index in [1.165, 1.54) is 19.1 Å². The van der Waals surface area contributed by atoms with Crippen LogP contribution in [0.3, 0.4) is 0 Å². The highest BCUT2D eigenvalue weighted by Crippen LogP contribution is 2.15. The third-order valence-corrected chi connectivity index (χ3v) is 3.18. The van der Waals surface area contributed by atoms with Crippen LogP contribution >= 0.6 is 0 Å². The number of amides is 3. The average molecular weight is 365 g/mol. The summed E-state index contributed by atoms with van der Waals surface area (Å²) < 4.78 is 39.5. The molecule has 3 N–H and O–H groups in total. The van der Waals surface area contributed by atoms with Crippen LogP contribution in [0.4, 0.5) is 24.5 Å². The molecule has 0 saturated heterocycles. The van der Waals surface area contributed by atoms with Crippen LogP contribution in [0.5, 0.6) is 0 Å². The number of benzene rings is 2. The Balaban J connectivity index is 1.91. The molecule has 26 heavy (non-hydrogen) atoms. The van der Waals surface area contributed by atoms with E-state index in [2.05, 4.69) is 16.0 Å². The number of nitrogens with one attached hydrogen (secondary N) is 3. The van der Waals surface area contributed by atoms with Gasteiger partial charge in [0.15, 0.2) is 17.5 Å². The third kappa shape index (κ3) is 4.82. The molecule has 0 aromatic heterocycles. The van der Waals surface area contributed by atoms with Gasteiger partial charge < -0.3 is 16.0 Å². The molecule has 2 aromatic rings. The van der Waals surface area contributed by atoms with Crippen LogP contribution in [0.1, 0.15) is 17.3 Å². The van der Waals surface area contributed by atoms with Gasteiger partial charge in [-0.25, -0.2) is 13.2 Å². The average Bonchev–Trinajstić information content (AvgIpc) is 2.59. The Bertz CT molecular complexity index is 854. The molecule has 0 aliphatic carbocycles. The van der Waals surface area contributed by atoms with Gasteiger partial charge in [0, 0.05) is 18.3 Å². The quantitative estimate of drug-likeness (QED) is 0.711. The Kier molecular flexibility index (Phi) is 5.94. The molecule has 0 atom stereocenters. The van der Waals surface area contributed by atoms with Gasteiger partial charge in [0.25, 0.3) is 5.91 Å². The molecule has 2 aromatic carbocycles. The normalized spacial score (nSPS) is 10.2. The molecule has 0 aliphatic heterocycles. The van der Waals surface area contributed by atoms with Crippen molar-refractivity contribution in [3.8, 4) is 0 Å². The molecule has 6 nitrogen and oxygen atoms in total. The first-order chi connectivity index (χ1) is 12.3. The van der Waals surface area contributed by atoms with E-state index in [0.717, 1.165) is 6.07 Å². The van der Waals surface area contributed by atoms with Crippen LogP contribution in [0.25, 0.3) is 0 Å². The molecule has 9 heteroatoms. The first-order valence-corrected chi connectivity index (χ1v) is 7.37. The van der Waals surface area contributed by atoms with Gasteiger partial charge >= 0.3 is 0 Å². The van der Waals surface area contributed by atoms with Crippen LogP contribution in [0, 0.1) is 17.5 Å². The summed E-state index contributed by atoms with van der Waals surface area (Å²) in [5.74, 6) is -6.72. The van der Waals surface area contributed by atoms with E-state index in [1.54, 1.807) is 12.1 Å². The Morgan fingerprint density at radius 1 is 0.846 bits per heavy atom. The van der Waals surface area contributed by atoms with Gasteiger partial charge in [-0.3, -0.25) is 14.4 Å². The number of carbonyl (C=O) groups excluding carboxylic acids is 3. The highest BCUT2D eigenvalue weighted by molar-refractivity contribution is 5.99. The van der Waals surface area contributed by atoms with Gasteiger partial charge in [0.1, 0.15) is 0 Å². The minimum absolute atomic E-state index is 0.242. The summed E-state index contributed by atoms with van der Waals surface area (Å²) in [7, 11) is 0. The lowest BCUT2D eigenvalue weighted by Crippen LogP contribution is -2.33. The van der Waals surface area contributed by atoms with E-state index in [-0.39, 0.29) is 5.91 Å². The Morgan fingerprint density at radius 3 is 2.00 bits per heavy atom. The van der Waals surface area contributed by atoms with Crippen LogP contribution in [-0.4, -0.2) is 24.3 Å². The van der Waals surface area contributed by atoms with E-state index in [0.29, 0.717) is 17.4 Å². The number of halogens is 3. The number of anilines is 2. The Hall–Kier alpha value is -3.36. The smallest absolute Gasteiger partial charge is 0.254 e. The maximum absolute atomic E-state index is 13.5. The van der Waals surface area contributed by atoms with Gasteiger partial charge in [-0.15, -0.1) is 0 Å². The monoisotopic (exact) mass is 365 g/mol. The van der Waals surface area contributed by atoms with Gasteiger partial charge in [-0.1, -0.05) is 0 Å². The SMILES string of the molecule is CC(=O)Nc1ccc(NC(=O)CNC(=O)c2ccc(F)c(F)c2F)cc1. The molecule has 0 unspecified atom stereocenters. The van der Waals surface area contributed by atoms with Gasteiger partial charge in [-0.05, 0) is 36.4 Å². The summed E-state index contributed by atoms with van der Waals surface area (Å²) in [5.41, 5.74) is 0.228. The lowest BCUT2D eigenvalue weighted by Gasteiger charge is -2.09. The number of hydrogen-bond acceptors (Lipinski definition) is 3. The molecule has 0 radical (unpaired) electrons. The zero-order chi connectivity index (χ0) is 19.3. The van der Waals surface area contributed by atoms with Crippen LogP contribution < -0.4 is 16.0 Å². The maximum Gasteiger partial charge on any atom is 0.254 e. The summed E-state index contributed by atoms with van der Waals surface area (Å²) in [6.45, 7) is 0.846. The maximum atomic E-state index is 13.5. The second-order valence-corrected chi connectivity index (χ2v) is 5.21. The first kappa shape index (κ1) is 19.0. The van der Waals surface area contributed by atoms with E-state index in [1.807, 2.05) is 0 Å². The van der Waals surface area contributed by atoms with Crippen LogP contribution in [0.15, 0.2) is 36.4 Å². The number of rotatable bonds is 5. The van der Waals surface area contributed by atoms with Crippen molar-refractivity contribution in [2.24, 2.45) is 0 Å². The van der Waals surface area contributed by atoms with E-state index >= 15 is 0 Å². The van der Waals surface area contributed by atoms with Gasteiger partial charge in [-0.2, -0.15) is 0 Å². The van der Waals surface area contributed by atoms with Gasteiger partial charge in [0.2, 0.25) is 11.8 Å². The summed E-state index contributed by atoms with van der Waals surface area (Å²) in [5, 5.41) is 7.13. The minimum atomic E-state index is -1.76. The molecular formula is C17H14F3N3O3. The molecule has 0 fully saturated rings. The van der Waals surface area contributed by atoms with Crippen LogP contribution in [0.2, 0.25) is 0 Å². The van der Waals surface area contributed by atoms with Crippen molar-refractivity contribution in [3.05, 3.63) is 59.4 Å². The number of carbonyl (C=O) groups is 3. The fraction of sp³-hybridized carbons (Fsp3) is 0.118. The highest BCUT2D eigenvalue weighted by atomic mass is 19.2. The second kappa shape index (κ2) is 8.15. The van der Waals surface area contributed by atoms with Gasteiger partial charge in [0.05, 0.1) is 12.1 Å². The highest BCUT2D eigenvalue weighted by Gasteiger charge is 2.19. The van der Waals surface area contributed by atoms with Crippen molar-refractivity contribution in [2.45, 2.75) is 6.92 Å². The lowest BCUT2D eigenvalue weighted by atomic mass is 10.2. The molecule has 0 saturated carbocycles. The summed E-state index contributed by atoms with van der Waals surface area (Å²) in [4.78, 5) is 34.5. The Morgan fingerprint density at radius 2 is 1.42 bits per heavy atom. The fourth-order valence-electron chi connectivity index (χ4n) is 2.00. The van der Waals surface area contributed by atoms with Crippen molar-refractivity contribution in [1.29, 1.82) is 0 Å². The topological polar surface area (TPSA) is 87.3 Å². The summed E-state index contributed by atoms with van der Waals surface area (Å²) in [6, 6.07) is 7.57. The molecule has 0 spiro atoms. The van der Waals surface area contributed by atoms with Crippen molar-refractivity contribution in [1.82, 2.24) is 5.32 Å². The first-order valence-electron chi connectivity index (χ1n) is 7.37. The van der Waals surface area contributed by atoms with E-state index in [9.17, 15) is 27.6 Å². The summed E-state index contributed by atoms with van der Waals surface area (Å²) in [6.07, 6.45) is 0. The molecule has 0 bridgehead atoms. The molecular weight excluding hydrogens is 351 g/mol. The minimum Gasteiger partial charge on any atom is -0.343 e. The van der Waals surface area contributed by atoms with Crippen LogP contribution in [-0.2, 0) is 9.59 Å².